The van der Waals surface area contributed by atoms with E-state index in [1.165, 1.54) is 0 Å². The number of likely N-dealkylation sites (tertiary alicyclic amines) is 1. The normalized spacial score (nSPS) is 19.1. The number of hydrogen-bond donors (Lipinski definition) is 0. The summed E-state index contributed by atoms with van der Waals surface area (Å²) >= 11 is 0. The highest BCUT2D eigenvalue weighted by Crippen LogP contribution is 2.36. The quantitative estimate of drug-likeness (QED) is 0.334. The van der Waals surface area contributed by atoms with E-state index in [4.69, 9.17) is 9.47 Å². The second kappa shape index (κ2) is 12.5. The summed E-state index contributed by atoms with van der Waals surface area (Å²) in [6.07, 6.45) is 4.55. The molecule has 2 saturated heterocycles. The van der Waals surface area contributed by atoms with E-state index in [1.54, 1.807) is 17.0 Å². The zero-order valence-corrected chi connectivity index (χ0v) is 27.3. The van der Waals surface area contributed by atoms with E-state index < -0.39 is 29.8 Å². The minimum absolute atomic E-state index is 0.169. The fraction of sp³-hybridized carbons (Fsp3) is 0.484. The number of amides is 2. The van der Waals surface area contributed by atoms with Gasteiger partial charge < -0.3 is 14.4 Å². The summed E-state index contributed by atoms with van der Waals surface area (Å²) in [5.74, 6) is 0.121. The minimum atomic E-state index is -4.03. The Balaban J connectivity index is 1.55. The molecule has 0 saturated carbocycles. The van der Waals surface area contributed by atoms with Crippen molar-refractivity contribution in [1.29, 1.82) is 0 Å². The van der Waals surface area contributed by atoms with Gasteiger partial charge in [0.2, 0.25) is 0 Å². The third-order valence-corrected chi connectivity index (χ3v) is 10.7. The topological polar surface area (TPSA) is 96.5 Å². The maximum absolute atomic E-state index is 13.5. The number of benzene rings is 2. The first kappa shape index (κ1) is 31.6. The Kier molecular flexibility index (Phi) is 9.41. The van der Waals surface area contributed by atoms with Gasteiger partial charge >= 0.3 is 16.3 Å². The molecule has 0 radical (unpaired) electrons. The van der Waals surface area contributed by atoms with Crippen molar-refractivity contribution in [2.24, 2.45) is 5.92 Å². The van der Waals surface area contributed by atoms with E-state index in [-0.39, 0.29) is 31.7 Å². The molecule has 2 aliphatic rings. The summed E-state index contributed by atoms with van der Waals surface area (Å²) in [5.41, 5.74) is 1.57. The molecular weight excluding hydrogens is 571 g/mol. The Labute approximate surface area is 251 Å². The van der Waals surface area contributed by atoms with Gasteiger partial charge in [0.1, 0.15) is 24.5 Å². The van der Waals surface area contributed by atoms with Crippen LogP contribution in [-0.4, -0.2) is 69.5 Å². The lowest BCUT2D eigenvalue weighted by atomic mass is 10.1. The van der Waals surface area contributed by atoms with Gasteiger partial charge in [-0.05, 0) is 62.4 Å². The molecule has 42 heavy (non-hydrogen) atoms. The van der Waals surface area contributed by atoms with Gasteiger partial charge in [-0.2, -0.15) is 8.42 Å². The number of rotatable bonds is 9. The summed E-state index contributed by atoms with van der Waals surface area (Å²) in [6, 6.07) is 15.7. The maximum Gasteiger partial charge on any atom is 0.410 e. The van der Waals surface area contributed by atoms with Crippen LogP contribution in [0.5, 0.6) is 5.75 Å². The molecule has 0 aromatic heterocycles. The summed E-state index contributed by atoms with van der Waals surface area (Å²) in [4.78, 5) is 27.1. The largest absolute Gasteiger partial charge is 0.487 e. The molecule has 11 heteroatoms. The molecule has 9 nitrogen and oxygen atoms in total. The maximum atomic E-state index is 13.5. The average Bonchev–Trinajstić information content (AvgIpc) is 3.46. The minimum Gasteiger partial charge on any atom is -0.487 e. The lowest BCUT2D eigenvalue weighted by Crippen LogP contribution is -2.37. The second-order valence-corrected chi connectivity index (χ2v) is 20.5. The summed E-state index contributed by atoms with van der Waals surface area (Å²) in [6.45, 7) is 13.4. The third-order valence-electron chi connectivity index (χ3n) is 7.11. The van der Waals surface area contributed by atoms with Gasteiger partial charge in [0.25, 0.3) is 5.91 Å². The van der Waals surface area contributed by atoms with Gasteiger partial charge in [0.15, 0.2) is 0 Å². The van der Waals surface area contributed by atoms with Crippen molar-refractivity contribution in [3.8, 4) is 5.75 Å². The van der Waals surface area contributed by atoms with Crippen LogP contribution in [0.15, 0.2) is 54.6 Å². The van der Waals surface area contributed by atoms with Crippen molar-refractivity contribution in [1.82, 2.24) is 9.21 Å². The van der Waals surface area contributed by atoms with Crippen molar-refractivity contribution < 1.29 is 27.5 Å². The Morgan fingerprint density at radius 3 is 2.48 bits per heavy atom. The second-order valence-electron chi connectivity index (χ2n) is 13.1. The Bertz CT molecular complexity index is 1420. The average molecular weight is 614 g/mol. The van der Waals surface area contributed by atoms with Crippen LogP contribution in [0.25, 0.3) is 6.08 Å². The summed E-state index contributed by atoms with van der Waals surface area (Å²) in [5, 5.41) is 0. The van der Waals surface area contributed by atoms with Crippen LogP contribution in [0.1, 0.15) is 38.3 Å². The predicted molar refractivity (Wildman–Crippen MR) is 168 cm³/mol. The first-order valence-electron chi connectivity index (χ1n) is 14.4. The van der Waals surface area contributed by atoms with Crippen LogP contribution in [0.3, 0.4) is 0 Å². The van der Waals surface area contributed by atoms with Crippen LogP contribution in [-0.2, 0) is 26.3 Å². The monoisotopic (exact) mass is 613 g/mol. The first-order valence-corrected chi connectivity index (χ1v) is 19.5. The van der Waals surface area contributed by atoms with E-state index >= 15 is 0 Å². The molecule has 2 fully saturated rings. The number of nitrogens with zero attached hydrogens (tertiary/aromatic N) is 3. The molecule has 0 aliphatic carbocycles. The highest BCUT2D eigenvalue weighted by atomic mass is 32.2. The zero-order valence-electron chi connectivity index (χ0n) is 25.5. The van der Waals surface area contributed by atoms with Crippen LogP contribution >= 0.6 is 0 Å². The highest BCUT2D eigenvalue weighted by Gasteiger charge is 2.44. The van der Waals surface area contributed by atoms with Crippen LogP contribution in [0.2, 0.25) is 25.7 Å². The van der Waals surface area contributed by atoms with Gasteiger partial charge in [0, 0.05) is 27.7 Å². The lowest BCUT2D eigenvalue weighted by Gasteiger charge is -2.24. The van der Waals surface area contributed by atoms with Gasteiger partial charge in [-0.1, -0.05) is 68.2 Å². The smallest absolute Gasteiger partial charge is 0.410 e. The Morgan fingerprint density at radius 1 is 1.10 bits per heavy atom. The van der Waals surface area contributed by atoms with Crippen molar-refractivity contribution in [3.63, 3.8) is 0 Å². The first-order chi connectivity index (χ1) is 19.6. The Morgan fingerprint density at radius 2 is 1.81 bits per heavy atom. The fourth-order valence-electron chi connectivity index (χ4n) is 4.79. The molecular formula is C31H43N3O6SSi. The van der Waals surface area contributed by atoms with E-state index in [0.717, 1.165) is 26.2 Å². The molecule has 1 atom stereocenters. The lowest BCUT2D eigenvalue weighted by molar-refractivity contribution is -0.123. The van der Waals surface area contributed by atoms with Gasteiger partial charge in [-0.3, -0.25) is 4.79 Å². The van der Waals surface area contributed by atoms with Crippen molar-refractivity contribution in [2.45, 2.75) is 65.1 Å². The molecule has 2 amide bonds. The van der Waals surface area contributed by atoms with Crippen LogP contribution < -0.4 is 9.04 Å². The molecule has 4 rings (SSSR count). The molecule has 0 bridgehead atoms. The number of anilines is 1. The standard InChI is InChI=1S/C31H43N3O6SSi/c1-31(2,3)40-30(36)32-17-16-25(21-32)13-12-24-14-15-27(28(20-24)39-23-26-10-8-7-9-11-26)34-22-29(35)33(41(34,37)38)18-19-42(4,5)6/h7-15,20,25H,16-19,21-23H2,1-6H3. The Hall–Kier alpha value is -3.31. The molecule has 2 heterocycles. The molecule has 0 spiro atoms. The molecule has 1 unspecified atom stereocenters. The number of carbonyl (C=O) groups excluding carboxylic acids is 2. The van der Waals surface area contributed by atoms with E-state index in [9.17, 15) is 18.0 Å². The van der Waals surface area contributed by atoms with Gasteiger partial charge in [-0.15, -0.1) is 0 Å². The number of carbonyl (C=O) groups is 2. The predicted octanol–water partition coefficient (Wildman–Crippen LogP) is 5.77. The molecule has 2 aromatic carbocycles. The third kappa shape index (κ3) is 8.16. The fourth-order valence-corrected chi connectivity index (χ4v) is 7.40. The van der Waals surface area contributed by atoms with Crippen LogP contribution in [0.4, 0.5) is 10.5 Å². The zero-order chi connectivity index (χ0) is 30.7. The molecule has 2 aliphatic heterocycles. The van der Waals surface area contributed by atoms with Gasteiger partial charge in [0.05, 0.1) is 5.69 Å². The molecule has 228 valence electrons. The SMILES string of the molecule is CC(C)(C)OC(=O)N1CCC(C=Cc2ccc(N3CC(=O)N(CC[Si](C)(C)C)S3(=O)=O)c(OCc3ccccc3)c2)C1. The number of hydrogen-bond acceptors (Lipinski definition) is 6. The number of ether oxygens (including phenoxy) is 2. The molecule has 0 N–H and O–H groups in total. The van der Waals surface area contributed by atoms with Crippen LogP contribution in [0, 0.1) is 5.92 Å². The van der Waals surface area contributed by atoms with Crippen molar-refractivity contribution >= 4 is 42.0 Å². The van der Waals surface area contributed by atoms with E-state index in [0.29, 0.717) is 30.6 Å². The summed E-state index contributed by atoms with van der Waals surface area (Å²) < 4.78 is 40.9. The summed E-state index contributed by atoms with van der Waals surface area (Å²) in [7, 11) is -5.60. The highest BCUT2D eigenvalue weighted by molar-refractivity contribution is 7.91. The van der Waals surface area contributed by atoms with Gasteiger partial charge in [-0.25, -0.2) is 13.4 Å². The van der Waals surface area contributed by atoms with E-state index in [2.05, 4.69) is 25.7 Å². The van der Waals surface area contributed by atoms with Crippen molar-refractivity contribution in [2.75, 3.05) is 30.5 Å². The van der Waals surface area contributed by atoms with E-state index in [1.807, 2.05) is 63.2 Å². The molecule has 2 aromatic rings. The van der Waals surface area contributed by atoms with Crippen molar-refractivity contribution in [3.05, 3.63) is 65.7 Å².